The molecule has 0 aromatic carbocycles. The number of ether oxygens (including phenoxy) is 1. The van der Waals surface area contributed by atoms with Gasteiger partial charge >= 0.3 is 6.16 Å². The van der Waals surface area contributed by atoms with Crippen LogP contribution < -0.4 is 0 Å². The summed E-state index contributed by atoms with van der Waals surface area (Å²) in [6.45, 7) is 0. The van der Waals surface area contributed by atoms with E-state index < -0.39 is 6.16 Å². The SMILES string of the molecule is N#COC(=O)ON(C#N)C#N. The Morgan fingerprint density at radius 1 is 1.27 bits per heavy atom. The van der Waals surface area contributed by atoms with Crippen molar-refractivity contribution < 1.29 is 14.4 Å². The number of rotatable bonds is 1. The Balaban J connectivity index is 3.89. The number of nitrogens with zero attached hydrogens (tertiary/aromatic N) is 4. The van der Waals surface area contributed by atoms with Crippen molar-refractivity contribution in [2.24, 2.45) is 0 Å². The molecule has 0 N–H and O–H groups in total. The molecule has 0 heterocycles. The van der Waals surface area contributed by atoms with E-state index >= 15 is 0 Å². The van der Waals surface area contributed by atoms with Crippen LogP contribution in [0.4, 0.5) is 4.79 Å². The van der Waals surface area contributed by atoms with Crippen LogP contribution in [0.25, 0.3) is 0 Å². The molecule has 0 saturated carbocycles. The van der Waals surface area contributed by atoms with Crippen molar-refractivity contribution in [1.29, 1.82) is 15.8 Å². The van der Waals surface area contributed by atoms with Crippen LogP contribution >= 0.6 is 0 Å². The zero-order valence-corrected chi connectivity index (χ0v) is 5.01. The van der Waals surface area contributed by atoms with Gasteiger partial charge in [0, 0.05) is 0 Å². The minimum Gasteiger partial charge on any atom is -0.316 e. The van der Waals surface area contributed by atoms with Crippen molar-refractivity contribution in [3.8, 4) is 18.6 Å². The summed E-state index contributed by atoms with van der Waals surface area (Å²) in [6, 6.07) is 0. The highest BCUT2D eigenvalue weighted by atomic mass is 16.8. The molecule has 54 valence electrons. The third kappa shape index (κ3) is 3.17. The lowest BCUT2D eigenvalue weighted by Crippen LogP contribution is -2.17. The van der Waals surface area contributed by atoms with Gasteiger partial charge in [0.2, 0.25) is 12.4 Å². The van der Waals surface area contributed by atoms with Gasteiger partial charge in [0.25, 0.3) is 6.26 Å². The highest BCUT2D eigenvalue weighted by Crippen LogP contribution is 1.88. The van der Waals surface area contributed by atoms with Gasteiger partial charge in [-0.25, -0.2) is 0 Å². The quantitative estimate of drug-likeness (QED) is 0.221. The number of carbonyl (C=O) groups is 1. The third-order valence-corrected chi connectivity index (χ3v) is 0.476. The minimum absolute atomic E-state index is 0.0142. The summed E-state index contributed by atoms with van der Waals surface area (Å²) in [5.41, 5.74) is 0. The van der Waals surface area contributed by atoms with Crippen LogP contribution in [0.1, 0.15) is 0 Å². The van der Waals surface area contributed by atoms with Crippen molar-refractivity contribution in [2.45, 2.75) is 0 Å². The van der Waals surface area contributed by atoms with Crippen molar-refractivity contribution in [2.75, 3.05) is 0 Å². The lowest BCUT2D eigenvalue weighted by Gasteiger charge is -1.99. The summed E-state index contributed by atoms with van der Waals surface area (Å²) < 4.78 is 3.58. The molecule has 0 aromatic rings. The van der Waals surface area contributed by atoms with Crippen molar-refractivity contribution in [3.05, 3.63) is 0 Å². The Hall–Kier alpha value is -2.46. The molecular formula is C4N4O3. The molecule has 0 aliphatic heterocycles. The first-order valence-electron chi connectivity index (χ1n) is 2.12. The lowest BCUT2D eigenvalue weighted by molar-refractivity contribution is -0.0335. The highest BCUT2D eigenvalue weighted by molar-refractivity contribution is 5.60. The van der Waals surface area contributed by atoms with E-state index in [1.54, 1.807) is 0 Å². The van der Waals surface area contributed by atoms with Gasteiger partial charge in [0.1, 0.15) is 0 Å². The van der Waals surface area contributed by atoms with Gasteiger partial charge in [-0.15, -0.1) is 5.26 Å². The van der Waals surface area contributed by atoms with E-state index in [1.807, 2.05) is 0 Å². The standard InChI is InChI=1S/C4N4O3/c5-1-8(2-6)11-4(9)10-3-7. The first-order valence-corrected chi connectivity index (χ1v) is 2.12. The topological polar surface area (TPSA) is 110 Å². The molecule has 0 amide bonds. The van der Waals surface area contributed by atoms with Crippen LogP contribution in [0, 0.1) is 34.4 Å². The monoisotopic (exact) mass is 152 g/mol. The number of nitriles is 3. The molecule has 0 aliphatic rings. The van der Waals surface area contributed by atoms with Crippen LogP contribution in [0.3, 0.4) is 0 Å². The molecule has 0 unspecified atom stereocenters. The number of hydroxylamine groups is 2. The fraction of sp³-hybridized carbons (Fsp3) is 0. The summed E-state index contributed by atoms with van der Waals surface area (Å²) >= 11 is 0. The summed E-state index contributed by atoms with van der Waals surface area (Å²) in [5, 5.41) is 23.7. The summed E-state index contributed by atoms with van der Waals surface area (Å²) in [6.07, 6.45) is 1.93. The Labute approximate surface area is 61.1 Å². The zero-order valence-electron chi connectivity index (χ0n) is 5.01. The molecule has 0 aromatic heterocycles. The fourth-order valence-electron chi connectivity index (χ4n) is 0.194. The van der Waals surface area contributed by atoms with Gasteiger partial charge in [0.05, 0.1) is 0 Å². The Morgan fingerprint density at radius 3 is 2.18 bits per heavy atom. The molecule has 7 nitrogen and oxygen atoms in total. The normalized spacial score (nSPS) is 6.27. The number of hydrogen-bond acceptors (Lipinski definition) is 7. The molecule has 0 saturated heterocycles. The van der Waals surface area contributed by atoms with Crippen molar-refractivity contribution >= 4 is 6.16 Å². The van der Waals surface area contributed by atoms with Crippen LogP contribution in [0.5, 0.6) is 0 Å². The van der Waals surface area contributed by atoms with Crippen molar-refractivity contribution in [3.63, 3.8) is 0 Å². The van der Waals surface area contributed by atoms with E-state index in [9.17, 15) is 4.79 Å². The fourth-order valence-corrected chi connectivity index (χ4v) is 0.194. The van der Waals surface area contributed by atoms with E-state index in [1.165, 1.54) is 12.4 Å². The molecule has 0 aliphatic carbocycles. The maximum absolute atomic E-state index is 10.2. The molecule has 0 rings (SSSR count). The van der Waals surface area contributed by atoms with Crippen LogP contribution in [-0.2, 0) is 9.57 Å². The van der Waals surface area contributed by atoms with Gasteiger partial charge in [-0.3, -0.25) is 4.84 Å². The van der Waals surface area contributed by atoms with Crippen molar-refractivity contribution in [1.82, 2.24) is 5.06 Å². The second-order valence-electron chi connectivity index (χ2n) is 1.03. The summed E-state index contributed by atoms with van der Waals surface area (Å²) in [7, 11) is 0. The van der Waals surface area contributed by atoms with Crippen LogP contribution in [0.2, 0.25) is 0 Å². The lowest BCUT2D eigenvalue weighted by atomic mass is 11.1. The van der Waals surface area contributed by atoms with Gasteiger partial charge < -0.3 is 4.74 Å². The number of carbonyl (C=O) groups excluding carboxylic acids is 1. The molecule has 0 atom stereocenters. The smallest absolute Gasteiger partial charge is 0.316 e. The van der Waals surface area contributed by atoms with Gasteiger partial charge in [-0.1, -0.05) is 0 Å². The van der Waals surface area contributed by atoms with E-state index in [0.29, 0.717) is 0 Å². The Kier molecular flexibility index (Phi) is 3.43. The van der Waals surface area contributed by atoms with E-state index in [0.717, 1.165) is 6.26 Å². The predicted octanol–water partition coefficient (Wildman–Crippen LogP) is -0.200. The maximum atomic E-state index is 10.2. The molecule has 11 heavy (non-hydrogen) atoms. The van der Waals surface area contributed by atoms with E-state index in [4.69, 9.17) is 15.8 Å². The Morgan fingerprint density at radius 2 is 1.82 bits per heavy atom. The first-order chi connectivity index (χ1) is 5.24. The average molecular weight is 152 g/mol. The number of hydrogen-bond donors (Lipinski definition) is 0. The Bertz CT molecular complexity index is 253. The maximum Gasteiger partial charge on any atom is 0.551 e. The molecule has 0 radical (unpaired) electrons. The zero-order chi connectivity index (χ0) is 8.69. The second kappa shape index (κ2) is 4.42. The highest BCUT2D eigenvalue weighted by Gasteiger charge is 2.09. The van der Waals surface area contributed by atoms with Gasteiger partial charge in [-0.05, 0) is 5.06 Å². The van der Waals surface area contributed by atoms with Gasteiger partial charge in [0.15, 0.2) is 0 Å². The largest absolute Gasteiger partial charge is 0.551 e. The van der Waals surface area contributed by atoms with Crippen LogP contribution in [0.15, 0.2) is 0 Å². The van der Waals surface area contributed by atoms with E-state index in [2.05, 4.69) is 9.57 Å². The molecular weight excluding hydrogens is 152 g/mol. The molecule has 0 bridgehead atoms. The first kappa shape index (κ1) is 8.54. The molecule has 7 heteroatoms. The molecule has 0 fully saturated rings. The average Bonchev–Trinajstić information content (AvgIpc) is 2.01. The molecule has 0 spiro atoms. The van der Waals surface area contributed by atoms with Crippen LogP contribution in [-0.4, -0.2) is 11.2 Å². The second-order valence-corrected chi connectivity index (χ2v) is 1.03. The third-order valence-electron chi connectivity index (χ3n) is 0.476. The van der Waals surface area contributed by atoms with Gasteiger partial charge in [-0.2, -0.15) is 15.3 Å². The predicted molar refractivity (Wildman–Crippen MR) is 26.2 cm³/mol. The summed E-state index contributed by atoms with van der Waals surface area (Å²) in [5.74, 6) is 0. The summed E-state index contributed by atoms with van der Waals surface area (Å²) in [4.78, 5) is 14.0. The van der Waals surface area contributed by atoms with E-state index in [-0.39, 0.29) is 5.06 Å². The minimum atomic E-state index is -1.43.